The Kier molecular flexibility index (Phi) is 5.13. The van der Waals surface area contributed by atoms with Gasteiger partial charge in [0.15, 0.2) is 0 Å². The van der Waals surface area contributed by atoms with E-state index >= 15 is 0 Å². The first-order valence-electron chi connectivity index (χ1n) is 7.32. The molecule has 0 aliphatic rings. The molecule has 120 valence electrons. The van der Waals surface area contributed by atoms with E-state index in [2.05, 4.69) is 10.6 Å². The smallest absolute Gasteiger partial charge is 0.251 e. The molecular weight excluding hydrogens is 292 g/mol. The van der Waals surface area contributed by atoms with Crippen LogP contribution < -0.4 is 10.6 Å². The lowest BCUT2D eigenvalue weighted by Crippen LogP contribution is -2.38. The lowest BCUT2D eigenvalue weighted by Gasteiger charge is -2.24. The molecule has 0 saturated heterocycles. The highest BCUT2D eigenvalue weighted by Crippen LogP contribution is 2.19. The normalized spacial score (nSPS) is 13.0. The van der Waals surface area contributed by atoms with Gasteiger partial charge >= 0.3 is 0 Å². The van der Waals surface area contributed by atoms with Crippen LogP contribution >= 0.6 is 0 Å². The molecule has 0 bridgehead atoms. The summed E-state index contributed by atoms with van der Waals surface area (Å²) in [5.41, 5.74) is 0.333. The van der Waals surface area contributed by atoms with Crippen molar-refractivity contribution in [2.45, 2.75) is 12.5 Å². The summed E-state index contributed by atoms with van der Waals surface area (Å²) in [6.45, 7) is 1.71. The predicted octanol–water partition coefficient (Wildman–Crippen LogP) is 1.68. The van der Waals surface area contributed by atoms with Gasteiger partial charge in [-0.15, -0.1) is 0 Å². The van der Waals surface area contributed by atoms with Gasteiger partial charge < -0.3 is 15.7 Å². The minimum absolute atomic E-state index is 0.0695. The van der Waals surface area contributed by atoms with Crippen molar-refractivity contribution in [3.05, 3.63) is 71.3 Å². The number of hydrogen-bond acceptors (Lipinski definition) is 3. The van der Waals surface area contributed by atoms with Crippen molar-refractivity contribution in [2.75, 3.05) is 13.6 Å². The van der Waals surface area contributed by atoms with E-state index in [1.807, 2.05) is 18.2 Å². The van der Waals surface area contributed by atoms with Gasteiger partial charge in [-0.3, -0.25) is 9.59 Å². The molecule has 2 aromatic carbocycles. The number of nitrogens with one attached hydrogen (secondary N) is 2. The van der Waals surface area contributed by atoms with Crippen molar-refractivity contribution < 1.29 is 14.7 Å². The maximum atomic E-state index is 12.2. The summed E-state index contributed by atoms with van der Waals surface area (Å²) in [6, 6.07) is 15.6. The monoisotopic (exact) mass is 312 g/mol. The van der Waals surface area contributed by atoms with Crippen LogP contribution in [0.4, 0.5) is 0 Å². The summed E-state index contributed by atoms with van der Waals surface area (Å²) < 4.78 is 0. The van der Waals surface area contributed by atoms with Crippen LogP contribution in [0.15, 0.2) is 54.6 Å². The zero-order chi connectivity index (χ0) is 16.9. The van der Waals surface area contributed by atoms with Gasteiger partial charge in [0.1, 0.15) is 5.60 Å². The van der Waals surface area contributed by atoms with Gasteiger partial charge in [-0.1, -0.05) is 36.4 Å². The summed E-state index contributed by atoms with van der Waals surface area (Å²) in [6.07, 6.45) is 0. The molecule has 2 amide bonds. The summed E-state index contributed by atoms with van der Waals surface area (Å²) in [5.74, 6) is -0.595. The quantitative estimate of drug-likeness (QED) is 0.786. The Morgan fingerprint density at radius 3 is 2.22 bits per heavy atom. The van der Waals surface area contributed by atoms with Crippen molar-refractivity contribution in [3.63, 3.8) is 0 Å². The van der Waals surface area contributed by atoms with Crippen LogP contribution in [0.1, 0.15) is 33.2 Å². The second-order valence-corrected chi connectivity index (χ2v) is 5.48. The molecule has 0 aliphatic carbocycles. The molecular formula is C18H20N2O3. The maximum Gasteiger partial charge on any atom is 0.251 e. The summed E-state index contributed by atoms with van der Waals surface area (Å²) >= 11 is 0. The average molecular weight is 312 g/mol. The number of rotatable bonds is 5. The van der Waals surface area contributed by atoms with Crippen molar-refractivity contribution in [3.8, 4) is 0 Å². The molecule has 1 unspecified atom stereocenters. The number of aliphatic hydroxyl groups is 1. The third-order valence-electron chi connectivity index (χ3n) is 3.60. The highest BCUT2D eigenvalue weighted by atomic mass is 16.3. The second kappa shape index (κ2) is 7.07. The van der Waals surface area contributed by atoms with Gasteiger partial charge in [-0.05, 0) is 30.7 Å². The van der Waals surface area contributed by atoms with E-state index in [0.717, 1.165) is 5.56 Å². The fraction of sp³-hybridized carbons (Fsp3) is 0.222. The van der Waals surface area contributed by atoms with Crippen LogP contribution in [0.3, 0.4) is 0 Å². The van der Waals surface area contributed by atoms with Gasteiger partial charge in [0.25, 0.3) is 11.8 Å². The summed E-state index contributed by atoms with van der Waals surface area (Å²) in [5, 5.41) is 15.7. The average Bonchev–Trinajstić information content (AvgIpc) is 2.60. The van der Waals surface area contributed by atoms with Gasteiger partial charge in [-0.25, -0.2) is 0 Å². The minimum atomic E-state index is -1.17. The fourth-order valence-electron chi connectivity index (χ4n) is 2.20. The van der Waals surface area contributed by atoms with Gasteiger partial charge in [-0.2, -0.15) is 0 Å². The Morgan fingerprint density at radius 2 is 1.61 bits per heavy atom. The Morgan fingerprint density at radius 1 is 1.00 bits per heavy atom. The van der Waals surface area contributed by atoms with Crippen LogP contribution in [-0.4, -0.2) is 30.5 Å². The van der Waals surface area contributed by atoms with Crippen molar-refractivity contribution in [1.82, 2.24) is 10.6 Å². The molecule has 2 aromatic rings. The lowest BCUT2D eigenvalue weighted by molar-refractivity contribution is 0.0526. The topological polar surface area (TPSA) is 78.4 Å². The lowest BCUT2D eigenvalue weighted by atomic mass is 9.96. The molecule has 5 nitrogen and oxygen atoms in total. The fourth-order valence-corrected chi connectivity index (χ4v) is 2.20. The molecule has 0 heterocycles. The van der Waals surface area contributed by atoms with E-state index in [4.69, 9.17) is 0 Å². The largest absolute Gasteiger partial charge is 0.384 e. The molecule has 0 fully saturated rings. The van der Waals surface area contributed by atoms with Crippen molar-refractivity contribution in [2.24, 2.45) is 0 Å². The number of hydrogen-bond donors (Lipinski definition) is 3. The number of carbonyl (C=O) groups excluding carboxylic acids is 2. The molecule has 0 spiro atoms. The molecule has 3 N–H and O–H groups in total. The van der Waals surface area contributed by atoms with Crippen molar-refractivity contribution in [1.29, 1.82) is 0 Å². The zero-order valence-corrected chi connectivity index (χ0v) is 13.2. The molecule has 0 radical (unpaired) electrons. The second-order valence-electron chi connectivity index (χ2n) is 5.48. The highest BCUT2D eigenvalue weighted by Gasteiger charge is 2.23. The number of benzene rings is 2. The SMILES string of the molecule is CNC(=O)c1cccc(C(=O)NCC(C)(O)c2ccccc2)c1. The zero-order valence-electron chi connectivity index (χ0n) is 13.2. The third kappa shape index (κ3) is 4.17. The summed E-state index contributed by atoms with van der Waals surface area (Å²) in [4.78, 5) is 23.8. The highest BCUT2D eigenvalue weighted by molar-refractivity contribution is 5.99. The maximum absolute atomic E-state index is 12.2. The van der Waals surface area contributed by atoms with E-state index in [9.17, 15) is 14.7 Å². The Hall–Kier alpha value is -2.66. The molecule has 0 aromatic heterocycles. The first-order valence-corrected chi connectivity index (χ1v) is 7.32. The molecule has 1 atom stereocenters. The molecule has 0 aliphatic heterocycles. The predicted molar refractivity (Wildman–Crippen MR) is 88.2 cm³/mol. The van der Waals surface area contributed by atoms with Crippen LogP contribution in [0.5, 0.6) is 0 Å². The molecule has 2 rings (SSSR count). The van der Waals surface area contributed by atoms with Crippen LogP contribution in [-0.2, 0) is 5.60 Å². The standard InChI is InChI=1S/C18H20N2O3/c1-18(23,15-9-4-3-5-10-15)12-20-17(22)14-8-6-7-13(11-14)16(21)19-2/h3-11,23H,12H2,1-2H3,(H,19,21)(H,20,22). The van der Waals surface area contributed by atoms with E-state index in [1.54, 1.807) is 37.3 Å². The molecule has 23 heavy (non-hydrogen) atoms. The molecule has 0 saturated carbocycles. The first kappa shape index (κ1) is 16.7. The third-order valence-corrected chi connectivity index (χ3v) is 3.60. The van der Waals surface area contributed by atoms with E-state index < -0.39 is 5.60 Å². The van der Waals surface area contributed by atoms with Gasteiger partial charge in [0.05, 0.1) is 6.54 Å². The molecule has 5 heteroatoms. The van der Waals surface area contributed by atoms with Gasteiger partial charge in [0, 0.05) is 18.2 Å². The number of amides is 2. The van der Waals surface area contributed by atoms with E-state index in [-0.39, 0.29) is 18.4 Å². The minimum Gasteiger partial charge on any atom is -0.384 e. The van der Waals surface area contributed by atoms with Crippen LogP contribution in [0.25, 0.3) is 0 Å². The van der Waals surface area contributed by atoms with Gasteiger partial charge in [0.2, 0.25) is 0 Å². The van der Waals surface area contributed by atoms with Crippen LogP contribution in [0.2, 0.25) is 0 Å². The Balaban J connectivity index is 2.06. The van der Waals surface area contributed by atoms with E-state index in [1.165, 1.54) is 13.1 Å². The first-order chi connectivity index (χ1) is 10.9. The van der Waals surface area contributed by atoms with Crippen LogP contribution in [0, 0.1) is 0 Å². The summed E-state index contributed by atoms with van der Waals surface area (Å²) in [7, 11) is 1.53. The van der Waals surface area contributed by atoms with Crippen molar-refractivity contribution >= 4 is 11.8 Å². The Labute approximate surface area is 135 Å². The number of carbonyl (C=O) groups is 2. The Bertz CT molecular complexity index is 696. The van der Waals surface area contributed by atoms with E-state index in [0.29, 0.717) is 11.1 Å².